The summed E-state index contributed by atoms with van der Waals surface area (Å²) < 4.78 is 0. The normalized spacial score (nSPS) is 17.0. The van der Waals surface area contributed by atoms with Crippen LogP contribution in [0.25, 0.3) is 0 Å². The van der Waals surface area contributed by atoms with Crippen molar-refractivity contribution in [2.24, 2.45) is 5.92 Å². The Balaban J connectivity index is 1.88. The first-order valence-electron chi connectivity index (χ1n) is 9.28. The Morgan fingerprint density at radius 3 is 2.52 bits per heavy atom. The van der Waals surface area contributed by atoms with E-state index >= 15 is 0 Å². The maximum Gasteiger partial charge on any atom is 0.222 e. The number of hydrogen-bond donors (Lipinski definition) is 1. The molecular weight excluding hydrogens is 284 g/mol. The molecule has 1 unspecified atom stereocenters. The van der Waals surface area contributed by atoms with Crippen molar-refractivity contribution >= 4 is 5.91 Å². The van der Waals surface area contributed by atoms with Gasteiger partial charge < -0.3 is 10.2 Å². The van der Waals surface area contributed by atoms with Crippen LogP contribution in [0.4, 0.5) is 0 Å². The van der Waals surface area contributed by atoms with Crippen molar-refractivity contribution in [3.63, 3.8) is 0 Å². The van der Waals surface area contributed by atoms with Crippen LogP contribution in [-0.4, -0.2) is 36.5 Å². The number of piperidine rings is 1. The third-order valence-electron chi connectivity index (χ3n) is 5.11. The van der Waals surface area contributed by atoms with Crippen molar-refractivity contribution < 1.29 is 4.79 Å². The number of likely N-dealkylation sites (N-methyl/N-ethyl adjacent to an activating group) is 1. The molecule has 0 spiro atoms. The molecule has 1 saturated heterocycles. The molecule has 1 aliphatic rings. The SMILES string of the molecule is CCC(Cc1ccccc1)N(CC)C(=O)CCC1CCNCC1. The van der Waals surface area contributed by atoms with E-state index in [1.807, 2.05) is 6.07 Å². The summed E-state index contributed by atoms with van der Waals surface area (Å²) in [5.41, 5.74) is 1.32. The van der Waals surface area contributed by atoms with Crippen LogP contribution in [-0.2, 0) is 11.2 Å². The molecule has 3 heteroatoms. The first-order chi connectivity index (χ1) is 11.2. The van der Waals surface area contributed by atoms with Gasteiger partial charge in [0.25, 0.3) is 0 Å². The molecule has 0 saturated carbocycles. The van der Waals surface area contributed by atoms with Crippen LogP contribution in [0.5, 0.6) is 0 Å². The quantitative estimate of drug-likeness (QED) is 0.794. The van der Waals surface area contributed by atoms with Crippen molar-refractivity contribution in [2.75, 3.05) is 19.6 Å². The van der Waals surface area contributed by atoms with E-state index in [2.05, 4.69) is 48.3 Å². The van der Waals surface area contributed by atoms with Gasteiger partial charge >= 0.3 is 0 Å². The molecule has 23 heavy (non-hydrogen) atoms. The maximum absolute atomic E-state index is 12.7. The van der Waals surface area contributed by atoms with Gasteiger partial charge in [-0.05, 0) is 63.6 Å². The average Bonchev–Trinajstić information content (AvgIpc) is 2.61. The number of amides is 1. The second-order valence-corrected chi connectivity index (χ2v) is 6.66. The number of hydrogen-bond acceptors (Lipinski definition) is 2. The molecule has 0 aromatic heterocycles. The highest BCUT2D eigenvalue weighted by Gasteiger charge is 2.22. The van der Waals surface area contributed by atoms with Gasteiger partial charge in [0.1, 0.15) is 0 Å². The summed E-state index contributed by atoms with van der Waals surface area (Å²) in [6, 6.07) is 10.9. The predicted octanol–water partition coefficient (Wildman–Crippen LogP) is 3.64. The van der Waals surface area contributed by atoms with Crippen LogP contribution in [0.15, 0.2) is 30.3 Å². The van der Waals surface area contributed by atoms with Gasteiger partial charge in [-0.1, -0.05) is 37.3 Å². The van der Waals surface area contributed by atoms with Crippen molar-refractivity contribution in [3.05, 3.63) is 35.9 Å². The lowest BCUT2D eigenvalue weighted by Crippen LogP contribution is -2.41. The highest BCUT2D eigenvalue weighted by Crippen LogP contribution is 2.20. The lowest BCUT2D eigenvalue weighted by molar-refractivity contribution is -0.133. The van der Waals surface area contributed by atoms with Crippen LogP contribution < -0.4 is 5.32 Å². The minimum absolute atomic E-state index is 0.322. The van der Waals surface area contributed by atoms with E-state index in [9.17, 15) is 4.79 Å². The van der Waals surface area contributed by atoms with E-state index in [0.717, 1.165) is 44.8 Å². The molecule has 0 radical (unpaired) electrons. The summed E-state index contributed by atoms with van der Waals surface area (Å²) in [5, 5.41) is 3.40. The summed E-state index contributed by atoms with van der Waals surface area (Å²) in [6.45, 7) is 7.34. The minimum atomic E-state index is 0.322. The van der Waals surface area contributed by atoms with Gasteiger partial charge in [-0.25, -0.2) is 0 Å². The van der Waals surface area contributed by atoms with E-state index in [1.54, 1.807) is 0 Å². The Morgan fingerprint density at radius 1 is 1.22 bits per heavy atom. The largest absolute Gasteiger partial charge is 0.340 e. The van der Waals surface area contributed by atoms with Gasteiger partial charge in [0.15, 0.2) is 0 Å². The first kappa shape index (κ1) is 18.0. The zero-order chi connectivity index (χ0) is 16.5. The summed E-state index contributed by atoms with van der Waals surface area (Å²) in [7, 11) is 0. The molecule has 0 bridgehead atoms. The second kappa shape index (κ2) is 9.71. The zero-order valence-corrected chi connectivity index (χ0v) is 14.8. The van der Waals surface area contributed by atoms with Gasteiger partial charge in [-0.2, -0.15) is 0 Å². The molecule has 1 amide bonds. The van der Waals surface area contributed by atoms with E-state index in [0.29, 0.717) is 18.4 Å². The van der Waals surface area contributed by atoms with Crippen LogP contribution in [0.3, 0.4) is 0 Å². The number of benzene rings is 1. The molecular formula is C20H32N2O. The Bertz CT molecular complexity index is 454. The molecule has 1 heterocycles. The fourth-order valence-electron chi connectivity index (χ4n) is 3.64. The molecule has 1 atom stereocenters. The van der Waals surface area contributed by atoms with Crippen molar-refractivity contribution in [1.29, 1.82) is 0 Å². The molecule has 1 aromatic carbocycles. The third kappa shape index (κ3) is 5.65. The Kier molecular flexibility index (Phi) is 7.60. The van der Waals surface area contributed by atoms with Gasteiger partial charge in [0.05, 0.1) is 0 Å². The highest BCUT2D eigenvalue weighted by atomic mass is 16.2. The summed E-state index contributed by atoms with van der Waals surface area (Å²) in [4.78, 5) is 14.8. The maximum atomic E-state index is 12.7. The minimum Gasteiger partial charge on any atom is -0.340 e. The smallest absolute Gasteiger partial charge is 0.222 e. The number of rotatable bonds is 8. The van der Waals surface area contributed by atoms with Crippen molar-refractivity contribution in [2.45, 2.75) is 58.4 Å². The highest BCUT2D eigenvalue weighted by molar-refractivity contribution is 5.76. The van der Waals surface area contributed by atoms with E-state index in [4.69, 9.17) is 0 Å². The first-order valence-corrected chi connectivity index (χ1v) is 9.28. The Hall–Kier alpha value is -1.35. The molecule has 1 aromatic rings. The molecule has 128 valence electrons. The molecule has 1 aliphatic heterocycles. The number of nitrogens with zero attached hydrogens (tertiary/aromatic N) is 1. The van der Waals surface area contributed by atoms with E-state index in [-0.39, 0.29) is 0 Å². The Morgan fingerprint density at radius 2 is 1.91 bits per heavy atom. The standard InChI is InChI=1S/C20H32N2O/c1-3-19(16-18-8-6-5-7-9-18)22(4-2)20(23)11-10-17-12-14-21-15-13-17/h5-9,17,19,21H,3-4,10-16H2,1-2H3. The fourth-order valence-corrected chi connectivity index (χ4v) is 3.64. The van der Waals surface area contributed by atoms with Crippen LogP contribution in [0, 0.1) is 5.92 Å². The topological polar surface area (TPSA) is 32.3 Å². The molecule has 2 rings (SSSR count). The molecule has 3 nitrogen and oxygen atoms in total. The molecule has 1 fully saturated rings. The Labute approximate surface area is 141 Å². The lowest BCUT2D eigenvalue weighted by atomic mass is 9.92. The number of carbonyl (C=O) groups is 1. The van der Waals surface area contributed by atoms with Crippen LogP contribution >= 0.6 is 0 Å². The second-order valence-electron chi connectivity index (χ2n) is 6.66. The van der Waals surface area contributed by atoms with Gasteiger partial charge in [-0.3, -0.25) is 4.79 Å². The number of carbonyl (C=O) groups excluding carboxylic acids is 1. The van der Waals surface area contributed by atoms with Gasteiger partial charge in [0.2, 0.25) is 5.91 Å². The average molecular weight is 316 g/mol. The van der Waals surface area contributed by atoms with Gasteiger partial charge in [0, 0.05) is 19.0 Å². The summed E-state index contributed by atoms with van der Waals surface area (Å²) in [6.07, 6.45) is 6.19. The van der Waals surface area contributed by atoms with E-state index < -0.39 is 0 Å². The zero-order valence-electron chi connectivity index (χ0n) is 14.8. The van der Waals surface area contributed by atoms with Crippen LogP contribution in [0.1, 0.15) is 51.5 Å². The monoisotopic (exact) mass is 316 g/mol. The summed E-state index contributed by atoms with van der Waals surface area (Å²) >= 11 is 0. The van der Waals surface area contributed by atoms with Crippen LogP contribution in [0.2, 0.25) is 0 Å². The predicted molar refractivity (Wildman–Crippen MR) is 96.4 cm³/mol. The lowest BCUT2D eigenvalue weighted by Gasteiger charge is -2.31. The fraction of sp³-hybridized carbons (Fsp3) is 0.650. The number of nitrogens with one attached hydrogen (secondary N) is 1. The van der Waals surface area contributed by atoms with Crippen molar-refractivity contribution in [3.8, 4) is 0 Å². The molecule has 0 aliphatic carbocycles. The molecule has 1 N–H and O–H groups in total. The van der Waals surface area contributed by atoms with E-state index in [1.165, 1.54) is 18.4 Å². The summed E-state index contributed by atoms with van der Waals surface area (Å²) in [5.74, 6) is 1.07. The van der Waals surface area contributed by atoms with Gasteiger partial charge in [-0.15, -0.1) is 0 Å². The third-order valence-corrected chi connectivity index (χ3v) is 5.11. The van der Waals surface area contributed by atoms with Crippen molar-refractivity contribution in [1.82, 2.24) is 10.2 Å².